The summed E-state index contributed by atoms with van der Waals surface area (Å²) in [6, 6.07) is -0.806. The molecule has 0 rings (SSSR count). The van der Waals surface area contributed by atoms with Gasteiger partial charge in [-0.3, -0.25) is 9.36 Å². The zero-order valence-electron chi connectivity index (χ0n) is 49.1. The number of aliphatic hydroxyl groups is 1. The predicted molar refractivity (Wildman–Crippen MR) is 316 cm³/mol. The maximum atomic E-state index is 13.0. The van der Waals surface area contributed by atoms with Gasteiger partial charge in [-0.15, -0.1) is 0 Å². The molecule has 0 aliphatic rings. The second-order valence-electron chi connectivity index (χ2n) is 22.7. The first-order valence-corrected chi connectivity index (χ1v) is 32.9. The summed E-state index contributed by atoms with van der Waals surface area (Å²) < 4.78 is 23.5. The van der Waals surface area contributed by atoms with Gasteiger partial charge < -0.3 is 28.8 Å². The van der Waals surface area contributed by atoms with Crippen molar-refractivity contribution in [1.29, 1.82) is 0 Å². The van der Waals surface area contributed by atoms with Crippen molar-refractivity contribution in [2.24, 2.45) is 0 Å². The van der Waals surface area contributed by atoms with E-state index in [-0.39, 0.29) is 19.1 Å². The Morgan fingerprint density at radius 3 is 1.22 bits per heavy atom. The maximum absolute atomic E-state index is 13.0. The smallest absolute Gasteiger partial charge is 0.268 e. The molecule has 0 aliphatic carbocycles. The lowest BCUT2D eigenvalue weighted by molar-refractivity contribution is -0.870. The van der Waals surface area contributed by atoms with E-state index in [4.69, 9.17) is 9.05 Å². The fourth-order valence-corrected chi connectivity index (χ4v) is 10.2. The monoisotopic (exact) mass is 1050 g/mol. The molecule has 73 heavy (non-hydrogen) atoms. The number of allylic oxidation sites excluding steroid dienone is 8. The van der Waals surface area contributed by atoms with E-state index in [9.17, 15) is 19.4 Å². The number of phosphoric acid groups is 1. The van der Waals surface area contributed by atoms with Crippen LogP contribution in [0.1, 0.15) is 303 Å². The highest BCUT2D eigenvalue weighted by Crippen LogP contribution is 2.38. The number of aliphatic hydroxyl groups excluding tert-OH is 1. The number of nitrogens with one attached hydrogen (secondary N) is 1. The van der Waals surface area contributed by atoms with Crippen molar-refractivity contribution in [3.05, 3.63) is 48.6 Å². The average Bonchev–Trinajstić information content (AvgIpc) is 3.35. The molecule has 9 heteroatoms. The minimum atomic E-state index is -4.58. The number of likely N-dealkylation sites (N-methyl/N-ethyl adjacent to an activating group) is 1. The van der Waals surface area contributed by atoms with E-state index < -0.39 is 20.0 Å². The Kier molecular flexibility index (Phi) is 54.1. The van der Waals surface area contributed by atoms with Gasteiger partial charge in [0, 0.05) is 6.42 Å². The molecular formula is C64H123N2O6P. The number of quaternary nitrogens is 1. The molecule has 8 nitrogen and oxygen atoms in total. The number of rotatable bonds is 58. The molecule has 0 spiro atoms. The first-order valence-electron chi connectivity index (χ1n) is 31.5. The molecule has 0 saturated carbocycles. The van der Waals surface area contributed by atoms with E-state index in [2.05, 4.69) is 67.8 Å². The molecule has 1 amide bonds. The molecule has 0 aromatic rings. The predicted octanol–water partition coefficient (Wildman–Crippen LogP) is 18.9. The van der Waals surface area contributed by atoms with Crippen molar-refractivity contribution in [2.75, 3.05) is 40.9 Å². The van der Waals surface area contributed by atoms with Crippen LogP contribution < -0.4 is 10.2 Å². The first kappa shape index (κ1) is 71.5. The van der Waals surface area contributed by atoms with Gasteiger partial charge in [0.2, 0.25) is 5.91 Å². The third-order valence-corrected chi connectivity index (χ3v) is 15.3. The molecule has 0 radical (unpaired) electrons. The SMILES string of the molecule is CC/C=C\C/C=C\C/C=C\C/C=C\CCCCCCCCCCCCC(=O)NC(COP(=O)([O-])OCC[N+](C)(C)C)C(O)CCCCCCCCCCCCCCCCCCCCCCCCCCCCCC. The number of hydrogen-bond acceptors (Lipinski definition) is 6. The maximum Gasteiger partial charge on any atom is 0.268 e. The Bertz CT molecular complexity index is 1330. The Balaban J connectivity index is 4.10. The number of phosphoric ester groups is 1. The number of unbranched alkanes of at least 4 members (excludes halogenated alkanes) is 37. The molecule has 0 fully saturated rings. The number of hydrogen-bond donors (Lipinski definition) is 2. The van der Waals surface area contributed by atoms with Gasteiger partial charge in [-0.2, -0.15) is 0 Å². The van der Waals surface area contributed by atoms with Crippen LogP contribution in [0.2, 0.25) is 0 Å². The fourth-order valence-electron chi connectivity index (χ4n) is 9.45. The topological polar surface area (TPSA) is 108 Å². The Morgan fingerprint density at radius 1 is 0.493 bits per heavy atom. The van der Waals surface area contributed by atoms with E-state index in [0.717, 1.165) is 64.2 Å². The van der Waals surface area contributed by atoms with Crippen LogP contribution in [-0.2, 0) is 18.4 Å². The van der Waals surface area contributed by atoms with Gasteiger partial charge in [-0.25, -0.2) is 0 Å². The van der Waals surface area contributed by atoms with Crippen molar-refractivity contribution >= 4 is 13.7 Å². The largest absolute Gasteiger partial charge is 0.756 e. The van der Waals surface area contributed by atoms with Crippen LogP contribution in [0.5, 0.6) is 0 Å². The molecule has 430 valence electrons. The molecule has 0 heterocycles. The first-order chi connectivity index (χ1) is 35.5. The van der Waals surface area contributed by atoms with Crippen LogP contribution in [0.3, 0.4) is 0 Å². The minimum Gasteiger partial charge on any atom is -0.756 e. The van der Waals surface area contributed by atoms with Gasteiger partial charge in [0.25, 0.3) is 7.82 Å². The van der Waals surface area contributed by atoms with Crippen molar-refractivity contribution < 1.29 is 32.9 Å². The lowest BCUT2D eigenvalue weighted by Gasteiger charge is -2.30. The summed E-state index contributed by atoms with van der Waals surface area (Å²) in [5.74, 6) is -0.167. The highest BCUT2D eigenvalue weighted by Gasteiger charge is 2.24. The number of carbonyl (C=O) groups excluding carboxylic acids is 1. The second kappa shape index (κ2) is 55.2. The zero-order valence-corrected chi connectivity index (χ0v) is 50.0. The van der Waals surface area contributed by atoms with E-state index >= 15 is 0 Å². The summed E-state index contributed by atoms with van der Waals surface area (Å²) in [4.78, 5) is 25.6. The van der Waals surface area contributed by atoms with Crippen LogP contribution in [0.25, 0.3) is 0 Å². The Labute approximate surface area is 454 Å². The molecule has 0 bridgehead atoms. The van der Waals surface area contributed by atoms with E-state index in [1.165, 1.54) is 212 Å². The van der Waals surface area contributed by atoms with Gasteiger partial charge in [0.05, 0.1) is 39.9 Å². The standard InChI is InChI=1S/C64H123N2O6P/c1-6-8-10-12-14-16-18-20-22-24-26-28-30-31-32-33-34-36-37-39-41-43-45-47-49-51-53-55-57-63(67)62(61-72-73(69,70)71-60-59-66(3,4)5)65-64(68)58-56-54-52-50-48-46-44-42-40-38-35-29-27-25-23-21-19-17-15-13-11-9-7-2/h9,11,15,17,21,23,27,29,62-63,67H,6-8,10,12-14,16,18-20,22,24-26,28,30-61H2,1-5H3,(H-,65,68,69,70)/b11-9-,17-15-,23-21-,29-27-. The molecule has 3 atom stereocenters. The van der Waals surface area contributed by atoms with Gasteiger partial charge in [0.15, 0.2) is 0 Å². The molecule has 0 aromatic carbocycles. The summed E-state index contributed by atoms with van der Waals surface area (Å²) in [5.41, 5.74) is 0. The quantitative estimate of drug-likeness (QED) is 0.0272. The summed E-state index contributed by atoms with van der Waals surface area (Å²) in [7, 11) is 1.31. The number of amides is 1. The van der Waals surface area contributed by atoms with Crippen molar-refractivity contribution in [2.45, 2.75) is 315 Å². The Hall–Kier alpha value is -1.54. The fraction of sp³-hybridized carbons (Fsp3) is 0.859. The third-order valence-electron chi connectivity index (χ3n) is 14.3. The summed E-state index contributed by atoms with van der Waals surface area (Å²) in [6.45, 7) is 4.64. The molecule has 0 aromatic heterocycles. The van der Waals surface area contributed by atoms with Crippen molar-refractivity contribution in [3.63, 3.8) is 0 Å². The third kappa shape index (κ3) is 58.0. The highest BCUT2D eigenvalue weighted by molar-refractivity contribution is 7.45. The van der Waals surface area contributed by atoms with Crippen molar-refractivity contribution in [1.82, 2.24) is 5.32 Å². The van der Waals surface area contributed by atoms with Crippen LogP contribution in [0.4, 0.5) is 0 Å². The van der Waals surface area contributed by atoms with Crippen LogP contribution >= 0.6 is 7.82 Å². The van der Waals surface area contributed by atoms with Gasteiger partial charge >= 0.3 is 0 Å². The van der Waals surface area contributed by atoms with Crippen molar-refractivity contribution in [3.8, 4) is 0 Å². The molecule has 0 saturated heterocycles. The lowest BCUT2D eigenvalue weighted by atomic mass is 10.0. The second-order valence-corrected chi connectivity index (χ2v) is 24.2. The van der Waals surface area contributed by atoms with E-state index in [1.54, 1.807) is 0 Å². The minimum absolute atomic E-state index is 0.0107. The average molecular weight is 1050 g/mol. The number of nitrogens with zero attached hydrogens (tertiary/aromatic N) is 1. The van der Waals surface area contributed by atoms with E-state index in [1.807, 2.05) is 21.1 Å². The molecule has 3 unspecified atom stereocenters. The lowest BCUT2D eigenvalue weighted by Crippen LogP contribution is -2.46. The van der Waals surface area contributed by atoms with E-state index in [0.29, 0.717) is 23.9 Å². The number of carbonyl (C=O) groups is 1. The highest BCUT2D eigenvalue weighted by atomic mass is 31.2. The van der Waals surface area contributed by atoms with Gasteiger partial charge in [0.1, 0.15) is 13.2 Å². The molecule has 2 N–H and O–H groups in total. The van der Waals surface area contributed by atoms with Crippen LogP contribution in [0, 0.1) is 0 Å². The van der Waals surface area contributed by atoms with Gasteiger partial charge in [-0.1, -0.05) is 294 Å². The molecular weight excluding hydrogens is 924 g/mol. The van der Waals surface area contributed by atoms with Gasteiger partial charge in [-0.05, 0) is 51.4 Å². The van der Waals surface area contributed by atoms with Crippen LogP contribution in [-0.4, -0.2) is 68.5 Å². The zero-order chi connectivity index (χ0) is 53.5. The summed E-state index contributed by atoms with van der Waals surface area (Å²) in [6.07, 6.45) is 73.0. The summed E-state index contributed by atoms with van der Waals surface area (Å²) >= 11 is 0. The van der Waals surface area contributed by atoms with Crippen LogP contribution in [0.15, 0.2) is 48.6 Å². The molecule has 0 aliphatic heterocycles. The normalized spacial score (nSPS) is 14.1. The Morgan fingerprint density at radius 2 is 0.836 bits per heavy atom. The summed E-state index contributed by atoms with van der Waals surface area (Å²) in [5, 5.41) is 14.1.